The molecule has 3 heteroatoms. The minimum absolute atomic E-state index is 0.236. The predicted molar refractivity (Wildman–Crippen MR) is 49.8 cm³/mol. The lowest BCUT2D eigenvalue weighted by Gasteiger charge is -2.26. The van der Waals surface area contributed by atoms with Gasteiger partial charge in [-0.25, -0.2) is 0 Å². The molecule has 1 aliphatic rings. The quantitative estimate of drug-likeness (QED) is 0.679. The number of ether oxygens (including phenoxy) is 1. The molecule has 0 spiro atoms. The first kappa shape index (κ1) is 8.36. The largest absolute Gasteiger partial charge is 0.373 e. The average Bonchev–Trinajstić information content (AvgIpc) is 1.93. The van der Waals surface area contributed by atoms with Gasteiger partial charge in [-0.15, -0.1) is 0 Å². The van der Waals surface area contributed by atoms with Crippen molar-refractivity contribution < 1.29 is 4.74 Å². The molecule has 0 radical (unpaired) electrons. The van der Waals surface area contributed by atoms with Gasteiger partial charge in [-0.05, 0) is 17.7 Å². The lowest BCUT2D eigenvalue weighted by atomic mass is 10.0. The molecule has 0 aliphatic carbocycles. The van der Waals surface area contributed by atoms with Gasteiger partial charge in [-0.2, -0.15) is 0 Å². The molecule has 1 saturated heterocycles. The molecule has 0 N–H and O–H groups in total. The van der Waals surface area contributed by atoms with Gasteiger partial charge < -0.3 is 4.74 Å². The molecule has 1 heterocycles. The molecule has 1 aliphatic heterocycles. The Bertz CT molecular complexity index is 295. The highest BCUT2D eigenvalue weighted by Gasteiger charge is 2.20. The maximum atomic E-state index is 5.85. The fourth-order valence-corrected chi connectivity index (χ4v) is 1.52. The van der Waals surface area contributed by atoms with E-state index in [9.17, 15) is 0 Å². The molecule has 1 aromatic carbocycles. The number of hydrogen-bond donors (Lipinski definition) is 0. The third-order valence-electron chi connectivity index (χ3n) is 2.01. The van der Waals surface area contributed by atoms with Crippen LogP contribution in [0.1, 0.15) is 18.1 Å². The summed E-state index contributed by atoms with van der Waals surface area (Å²) in [6.45, 7) is 0.852. The summed E-state index contributed by atoms with van der Waals surface area (Å²) >= 11 is 11.6. The average molecular weight is 203 g/mol. The zero-order chi connectivity index (χ0) is 8.55. The zero-order valence-electron chi connectivity index (χ0n) is 6.39. The van der Waals surface area contributed by atoms with Crippen molar-refractivity contribution in [2.75, 3.05) is 6.61 Å². The molecule has 0 bridgehead atoms. The van der Waals surface area contributed by atoms with E-state index < -0.39 is 0 Å². The fraction of sp³-hybridized carbons (Fsp3) is 0.333. The van der Waals surface area contributed by atoms with Crippen LogP contribution >= 0.6 is 23.2 Å². The second-order valence-corrected chi connectivity index (χ2v) is 3.64. The molecule has 0 aromatic heterocycles. The minimum Gasteiger partial charge on any atom is -0.373 e. The van der Waals surface area contributed by atoms with Gasteiger partial charge in [-0.3, -0.25) is 0 Å². The van der Waals surface area contributed by atoms with Crippen molar-refractivity contribution in [1.82, 2.24) is 0 Å². The van der Waals surface area contributed by atoms with Crippen LogP contribution in [0.25, 0.3) is 0 Å². The van der Waals surface area contributed by atoms with Crippen LogP contribution in [0.15, 0.2) is 18.2 Å². The first-order valence-electron chi connectivity index (χ1n) is 3.84. The number of hydrogen-bond acceptors (Lipinski definition) is 1. The number of benzene rings is 1. The molecule has 64 valence electrons. The summed E-state index contributed by atoms with van der Waals surface area (Å²) in [4.78, 5) is 0. The molecular weight excluding hydrogens is 195 g/mol. The highest BCUT2D eigenvalue weighted by Crippen LogP contribution is 2.32. The summed E-state index contributed by atoms with van der Waals surface area (Å²) in [7, 11) is 0. The van der Waals surface area contributed by atoms with Gasteiger partial charge in [0.05, 0.1) is 22.8 Å². The van der Waals surface area contributed by atoms with Crippen LogP contribution < -0.4 is 0 Å². The number of rotatable bonds is 1. The highest BCUT2D eigenvalue weighted by molar-refractivity contribution is 6.42. The monoisotopic (exact) mass is 202 g/mol. The molecule has 1 fully saturated rings. The first-order valence-corrected chi connectivity index (χ1v) is 4.59. The molecule has 1 nitrogen and oxygen atoms in total. The van der Waals surface area contributed by atoms with E-state index in [1.807, 2.05) is 12.1 Å². The third kappa shape index (κ3) is 1.45. The fourth-order valence-electron chi connectivity index (χ4n) is 1.21. The lowest BCUT2D eigenvalue weighted by molar-refractivity contribution is -0.0527. The molecule has 1 atom stereocenters. The van der Waals surface area contributed by atoms with Crippen molar-refractivity contribution in [3.05, 3.63) is 33.8 Å². The van der Waals surface area contributed by atoms with Crippen molar-refractivity contribution >= 4 is 23.2 Å². The van der Waals surface area contributed by atoms with Crippen molar-refractivity contribution in [3.8, 4) is 0 Å². The van der Waals surface area contributed by atoms with E-state index >= 15 is 0 Å². The summed E-state index contributed by atoms with van der Waals surface area (Å²) in [5.74, 6) is 0. The summed E-state index contributed by atoms with van der Waals surface area (Å²) in [6, 6.07) is 5.63. The lowest BCUT2D eigenvalue weighted by Crippen LogP contribution is -2.17. The summed E-state index contributed by atoms with van der Waals surface area (Å²) in [5.41, 5.74) is 1.12. The van der Waals surface area contributed by atoms with E-state index in [1.165, 1.54) is 0 Å². The van der Waals surface area contributed by atoms with Crippen molar-refractivity contribution in [1.29, 1.82) is 0 Å². The van der Waals surface area contributed by atoms with E-state index in [4.69, 9.17) is 27.9 Å². The van der Waals surface area contributed by atoms with Gasteiger partial charge in [-0.1, -0.05) is 29.3 Å². The Kier molecular flexibility index (Phi) is 2.26. The van der Waals surface area contributed by atoms with Gasteiger partial charge in [0.15, 0.2) is 0 Å². The molecule has 0 amide bonds. The second kappa shape index (κ2) is 3.25. The Morgan fingerprint density at radius 1 is 1.25 bits per heavy atom. The van der Waals surface area contributed by atoms with E-state index in [1.54, 1.807) is 6.07 Å². The van der Waals surface area contributed by atoms with Gasteiger partial charge in [0.2, 0.25) is 0 Å². The van der Waals surface area contributed by atoms with E-state index in [0.717, 1.165) is 18.6 Å². The van der Waals surface area contributed by atoms with Crippen LogP contribution in [0.5, 0.6) is 0 Å². The normalized spacial score (nSPS) is 22.0. The Hall–Kier alpha value is -0.240. The molecule has 2 rings (SSSR count). The first-order chi connectivity index (χ1) is 5.77. The number of halogens is 2. The van der Waals surface area contributed by atoms with Crippen LogP contribution in [-0.4, -0.2) is 6.61 Å². The van der Waals surface area contributed by atoms with Gasteiger partial charge >= 0.3 is 0 Å². The zero-order valence-corrected chi connectivity index (χ0v) is 7.90. The van der Waals surface area contributed by atoms with Crippen LogP contribution in [0.2, 0.25) is 10.0 Å². The predicted octanol–water partition coefficient (Wildman–Crippen LogP) is 3.45. The minimum atomic E-state index is 0.236. The topological polar surface area (TPSA) is 9.23 Å². The maximum absolute atomic E-state index is 5.85. The van der Waals surface area contributed by atoms with Crippen LogP contribution in [0.3, 0.4) is 0 Å². The Labute approximate surface area is 81.2 Å². The Morgan fingerprint density at radius 3 is 2.50 bits per heavy atom. The summed E-state index contributed by atoms with van der Waals surface area (Å²) < 4.78 is 5.31. The Balaban J connectivity index is 2.27. The SMILES string of the molecule is Clc1ccc([C@H]2CCO2)cc1Cl. The molecular formula is C9H8Cl2O. The standard InChI is InChI=1S/C9H8Cl2O/c10-7-2-1-6(5-8(7)11)9-3-4-12-9/h1-2,5,9H,3-4H2/t9-/m1/s1. The van der Waals surface area contributed by atoms with Gasteiger partial charge in [0, 0.05) is 6.42 Å². The van der Waals surface area contributed by atoms with Crippen molar-refractivity contribution in [3.63, 3.8) is 0 Å². The molecule has 12 heavy (non-hydrogen) atoms. The highest BCUT2D eigenvalue weighted by atomic mass is 35.5. The maximum Gasteiger partial charge on any atom is 0.0847 e. The van der Waals surface area contributed by atoms with Crippen LogP contribution in [-0.2, 0) is 4.74 Å². The van der Waals surface area contributed by atoms with Crippen LogP contribution in [0, 0.1) is 0 Å². The van der Waals surface area contributed by atoms with Crippen molar-refractivity contribution in [2.45, 2.75) is 12.5 Å². The smallest absolute Gasteiger partial charge is 0.0847 e. The Morgan fingerprint density at radius 2 is 2.00 bits per heavy atom. The second-order valence-electron chi connectivity index (χ2n) is 2.82. The molecule has 1 aromatic rings. The van der Waals surface area contributed by atoms with E-state index in [2.05, 4.69) is 0 Å². The molecule has 0 unspecified atom stereocenters. The van der Waals surface area contributed by atoms with E-state index in [0.29, 0.717) is 10.0 Å². The van der Waals surface area contributed by atoms with Gasteiger partial charge in [0.25, 0.3) is 0 Å². The summed E-state index contributed by atoms with van der Waals surface area (Å²) in [5, 5.41) is 1.20. The van der Waals surface area contributed by atoms with E-state index in [-0.39, 0.29) is 6.10 Å². The van der Waals surface area contributed by atoms with Gasteiger partial charge in [0.1, 0.15) is 0 Å². The van der Waals surface area contributed by atoms with Crippen LogP contribution in [0.4, 0.5) is 0 Å². The van der Waals surface area contributed by atoms with Crippen molar-refractivity contribution in [2.24, 2.45) is 0 Å². The third-order valence-corrected chi connectivity index (χ3v) is 2.75. The summed E-state index contributed by atoms with van der Waals surface area (Å²) in [6.07, 6.45) is 1.32. The molecule has 0 saturated carbocycles.